The van der Waals surface area contributed by atoms with Gasteiger partial charge in [-0.25, -0.2) is 19.4 Å². The van der Waals surface area contributed by atoms with Gasteiger partial charge in [-0.05, 0) is 24.2 Å². The largest absolute Gasteiger partial charge is 0.382 e. The molecule has 0 aromatic carbocycles. The minimum Gasteiger partial charge on any atom is -0.382 e. The van der Waals surface area contributed by atoms with Crippen molar-refractivity contribution in [2.45, 2.75) is 111 Å². The number of hydrogen-bond acceptors (Lipinski definition) is 13. The third-order valence-electron chi connectivity index (χ3n) is 9.65. The van der Waals surface area contributed by atoms with E-state index in [-0.39, 0.29) is 40.5 Å². The summed E-state index contributed by atoms with van der Waals surface area (Å²) in [5, 5.41) is 8.84. The number of aryl methyl sites for hydroxylation is 1. The van der Waals surface area contributed by atoms with E-state index in [0.717, 1.165) is 0 Å². The molecule has 0 bridgehead atoms. The molecule has 2 unspecified atom stereocenters. The number of imidazole rings is 1. The maximum absolute atomic E-state index is 12.7. The first-order valence-electron chi connectivity index (χ1n) is 17.8. The van der Waals surface area contributed by atoms with E-state index < -0.39 is 48.1 Å². The molecule has 18 heteroatoms. The average Bonchev–Trinajstić information content (AvgIpc) is 3.84. The van der Waals surface area contributed by atoms with Gasteiger partial charge in [0, 0.05) is 32.4 Å². The van der Waals surface area contributed by atoms with Gasteiger partial charge < -0.3 is 33.4 Å². The number of nitrogens with zero attached hydrogens (tertiary/aromatic N) is 7. The Labute approximate surface area is 306 Å². The number of hydrogen-bond donors (Lipinski definition) is 2. The predicted octanol–water partition coefficient (Wildman–Crippen LogP) is 2.10. The fourth-order valence-electron chi connectivity index (χ4n) is 7.48. The first-order chi connectivity index (χ1) is 25.1. The van der Waals surface area contributed by atoms with Crippen molar-refractivity contribution in [3.63, 3.8) is 0 Å². The summed E-state index contributed by atoms with van der Waals surface area (Å²) >= 11 is 0. The van der Waals surface area contributed by atoms with Gasteiger partial charge in [-0.15, -0.1) is 5.10 Å². The molecule has 0 aliphatic carbocycles. The van der Waals surface area contributed by atoms with Gasteiger partial charge in [-0.2, -0.15) is 0 Å². The standard InChI is InChI=1S/C35H51N9O9/c1-19-37-29-25(30(46)38-19)36-18-44(29)31-27(50-13-12-48-8)24(35(5,6)7)22(53-31)16-42-15-20(40-41-42)17-51-26-21(14-34(2,3)4)52-32(28(26)49-9)43-11-10-23(45)39-33(43)47/h10-11,15,18,21-22,24,26-28,31-32H,12-14,16-17H2,1-9H3,(H,37,38,46)(H,39,45,47)/t21-,22-,24?,26?,27+,28+,31-,32-/m1/s1. The summed E-state index contributed by atoms with van der Waals surface area (Å²) in [5.41, 5.74) is -0.613. The van der Waals surface area contributed by atoms with Gasteiger partial charge in [0.25, 0.3) is 11.1 Å². The number of rotatable bonds is 13. The summed E-state index contributed by atoms with van der Waals surface area (Å²) in [5.74, 6) is 0.338. The number of methoxy groups -OCH3 is 2. The number of H-pyrrole nitrogens is 2. The van der Waals surface area contributed by atoms with Crippen molar-refractivity contribution in [1.29, 1.82) is 0 Å². The minimum absolute atomic E-state index is 0.0992. The van der Waals surface area contributed by atoms with Crippen molar-refractivity contribution in [2.75, 3.05) is 27.4 Å². The van der Waals surface area contributed by atoms with Crippen LogP contribution in [0.3, 0.4) is 0 Å². The highest BCUT2D eigenvalue weighted by atomic mass is 16.6. The molecular weight excluding hydrogens is 690 g/mol. The SMILES string of the molecule is COCCO[C@H]1C(C(C)(C)C)[C@@H](Cn2cc(COC3[C@@H](CC(C)(C)C)O[C@@H](n4ccc(=O)[nH]c4=O)[C@H]3OC)nn2)O[C@H]1n1cnc2c(=O)[nH]c(C)nc21. The Morgan fingerprint density at radius 1 is 0.906 bits per heavy atom. The zero-order valence-electron chi connectivity index (χ0n) is 31.8. The molecule has 0 spiro atoms. The Hall–Kier alpha value is -4.07. The number of aromatic nitrogens is 9. The third-order valence-corrected chi connectivity index (χ3v) is 9.65. The van der Waals surface area contributed by atoms with Gasteiger partial charge >= 0.3 is 5.69 Å². The highest BCUT2D eigenvalue weighted by Crippen LogP contribution is 2.46. The molecule has 0 radical (unpaired) electrons. The van der Waals surface area contributed by atoms with Gasteiger partial charge in [0.1, 0.15) is 29.8 Å². The molecule has 0 saturated carbocycles. The van der Waals surface area contributed by atoms with Crippen LogP contribution in [0, 0.1) is 23.7 Å². The summed E-state index contributed by atoms with van der Waals surface area (Å²) in [4.78, 5) is 51.1. The highest BCUT2D eigenvalue weighted by Gasteiger charge is 2.52. The average molecular weight is 742 g/mol. The Morgan fingerprint density at radius 2 is 1.64 bits per heavy atom. The minimum atomic E-state index is -0.816. The van der Waals surface area contributed by atoms with Crippen molar-refractivity contribution in [1.82, 2.24) is 44.1 Å². The topological polar surface area (TPSA) is 205 Å². The van der Waals surface area contributed by atoms with Crippen molar-refractivity contribution < 1.29 is 28.4 Å². The monoisotopic (exact) mass is 741 g/mol. The first kappa shape index (κ1) is 38.6. The molecule has 2 N–H and O–H groups in total. The molecule has 6 heterocycles. The second kappa shape index (κ2) is 15.3. The lowest BCUT2D eigenvalue weighted by molar-refractivity contribution is -0.0757. The molecule has 4 aromatic rings. The van der Waals surface area contributed by atoms with Gasteiger partial charge in [0.2, 0.25) is 0 Å². The van der Waals surface area contributed by atoms with Crippen LogP contribution in [0.15, 0.2) is 39.2 Å². The van der Waals surface area contributed by atoms with Crippen LogP contribution in [-0.4, -0.2) is 102 Å². The van der Waals surface area contributed by atoms with Crippen LogP contribution in [0.1, 0.15) is 71.9 Å². The van der Waals surface area contributed by atoms with Gasteiger partial charge in [0.15, 0.2) is 23.6 Å². The molecule has 2 aliphatic heterocycles. The summed E-state index contributed by atoms with van der Waals surface area (Å²) in [6.45, 7) is 15.6. The lowest BCUT2D eigenvalue weighted by atomic mass is 9.75. The van der Waals surface area contributed by atoms with E-state index in [0.29, 0.717) is 43.3 Å². The van der Waals surface area contributed by atoms with Crippen LogP contribution in [-0.2, 0) is 41.6 Å². The van der Waals surface area contributed by atoms with Gasteiger partial charge in [-0.3, -0.25) is 23.7 Å². The lowest BCUT2D eigenvalue weighted by Gasteiger charge is -2.35. The zero-order chi connectivity index (χ0) is 38.2. The van der Waals surface area contributed by atoms with Crippen molar-refractivity contribution >= 4 is 11.2 Å². The Kier molecular flexibility index (Phi) is 11.2. The Balaban J connectivity index is 1.23. The molecule has 4 aromatic heterocycles. The second-order valence-electron chi connectivity index (χ2n) is 16.0. The van der Waals surface area contributed by atoms with Gasteiger partial charge in [-0.1, -0.05) is 46.8 Å². The summed E-state index contributed by atoms with van der Waals surface area (Å²) in [6.07, 6.45) is 1.52. The molecule has 8 atom stereocenters. The molecule has 2 saturated heterocycles. The van der Waals surface area contributed by atoms with E-state index in [4.69, 9.17) is 28.4 Å². The van der Waals surface area contributed by atoms with E-state index in [1.165, 1.54) is 16.8 Å². The summed E-state index contributed by atoms with van der Waals surface area (Å²) in [7, 11) is 3.16. The van der Waals surface area contributed by atoms with Crippen molar-refractivity contribution in [3.05, 3.63) is 67.5 Å². The molecule has 53 heavy (non-hydrogen) atoms. The smallest absolute Gasteiger partial charge is 0.330 e. The molecular formula is C35H51N9O9. The molecule has 290 valence electrons. The van der Waals surface area contributed by atoms with E-state index >= 15 is 0 Å². The molecule has 2 aliphatic rings. The highest BCUT2D eigenvalue weighted by molar-refractivity contribution is 5.69. The van der Waals surface area contributed by atoms with Gasteiger partial charge in [0.05, 0.1) is 51.1 Å². The maximum atomic E-state index is 12.7. The van der Waals surface area contributed by atoms with Crippen LogP contribution in [0.5, 0.6) is 0 Å². The fourth-order valence-corrected chi connectivity index (χ4v) is 7.48. The van der Waals surface area contributed by atoms with Crippen LogP contribution < -0.4 is 16.8 Å². The molecule has 2 fully saturated rings. The Morgan fingerprint density at radius 3 is 2.32 bits per heavy atom. The fraction of sp³-hybridized carbons (Fsp3) is 0.686. The second-order valence-corrected chi connectivity index (χ2v) is 16.0. The van der Waals surface area contributed by atoms with Crippen molar-refractivity contribution in [2.24, 2.45) is 16.7 Å². The van der Waals surface area contributed by atoms with E-state index in [1.807, 2.05) is 6.20 Å². The van der Waals surface area contributed by atoms with Crippen LogP contribution in [0.2, 0.25) is 0 Å². The quantitative estimate of drug-likeness (QED) is 0.189. The van der Waals surface area contributed by atoms with E-state index in [1.54, 1.807) is 36.7 Å². The van der Waals surface area contributed by atoms with Crippen molar-refractivity contribution in [3.8, 4) is 0 Å². The van der Waals surface area contributed by atoms with Crippen LogP contribution in [0.4, 0.5) is 0 Å². The van der Waals surface area contributed by atoms with Crippen LogP contribution >= 0.6 is 0 Å². The predicted molar refractivity (Wildman–Crippen MR) is 190 cm³/mol. The number of aromatic amines is 2. The Bertz CT molecular complexity index is 2040. The summed E-state index contributed by atoms with van der Waals surface area (Å²) < 4.78 is 42.1. The zero-order valence-corrected chi connectivity index (χ0v) is 31.8. The normalized spacial score (nSPS) is 26.6. The first-order valence-corrected chi connectivity index (χ1v) is 17.8. The lowest BCUT2D eigenvalue weighted by Crippen LogP contribution is -2.40. The maximum Gasteiger partial charge on any atom is 0.330 e. The molecule has 18 nitrogen and oxygen atoms in total. The number of nitrogens with one attached hydrogen (secondary N) is 2. The molecule has 6 rings (SSSR count). The third kappa shape index (κ3) is 8.37. The van der Waals surface area contributed by atoms with E-state index in [2.05, 4.69) is 71.8 Å². The molecule has 0 amide bonds. The number of fused-ring (bicyclic) bond motifs is 1. The summed E-state index contributed by atoms with van der Waals surface area (Å²) in [6, 6.07) is 1.27. The van der Waals surface area contributed by atoms with Crippen LogP contribution in [0.25, 0.3) is 11.2 Å². The van der Waals surface area contributed by atoms with E-state index in [9.17, 15) is 14.4 Å². The number of ether oxygens (including phenoxy) is 6.